The maximum atomic E-state index is 9.73. The molecule has 1 aliphatic carbocycles. The number of piperidine rings is 1. The van der Waals surface area contributed by atoms with Crippen molar-refractivity contribution in [2.75, 3.05) is 39.5 Å². The number of morpholine rings is 1. The van der Waals surface area contributed by atoms with Crippen LogP contribution in [0, 0.1) is 17.4 Å². The number of fused-ring (bicyclic) bond motifs is 2. The Balaban J connectivity index is 1.56. The van der Waals surface area contributed by atoms with Crippen molar-refractivity contribution < 1.29 is 9.84 Å². The highest BCUT2D eigenvalue weighted by Gasteiger charge is 2.41. The Bertz CT molecular complexity index is 880. The average Bonchev–Trinajstić information content (AvgIpc) is 3.06. The van der Waals surface area contributed by atoms with Crippen molar-refractivity contribution in [1.82, 2.24) is 14.8 Å². The normalized spacial score (nSPS) is 28.1. The van der Waals surface area contributed by atoms with E-state index in [2.05, 4.69) is 34.3 Å². The van der Waals surface area contributed by atoms with Crippen molar-refractivity contribution in [2.45, 2.75) is 31.3 Å². The summed E-state index contributed by atoms with van der Waals surface area (Å²) in [5, 5.41) is 20.8. The van der Waals surface area contributed by atoms with Crippen molar-refractivity contribution in [3.63, 3.8) is 0 Å². The van der Waals surface area contributed by atoms with E-state index in [0.29, 0.717) is 12.5 Å². The first-order valence-corrected chi connectivity index (χ1v) is 9.98. The van der Waals surface area contributed by atoms with Crippen LogP contribution in [0.1, 0.15) is 29.2 Å². The molecule has 0 spiro atoms. The summed E-state index contributed by atoms with van der Waals surface area (Å²) >= 11 is 0. The van der Waals surface area contributed by atoms with E-state index in [9.17, 15) is 10.4 Å². The number of nitrogens with zero attached hydrogens (tertiary/aromatic N) is 3. The van der Waals surface area contributed by atoms with Gasteiger partial charge in [0.25, 0.3) is 0 Å². The lowest BCUT2D eigenvalue weighted by Gasteiger charge is -2.44. The molecule has 0 radical (unpaired) electrons. The van der Waals surface area contributed by atoms with E-state index < -0.39 is 0 Å². The summed E-state index contributed by atoms with van der Waals surface area (Å²) in [6, 6.07) is 6.72. The molecule has 1 aromatic heterocycles. The van der Waals surface area contributed by atoms with Crippen LogP contribution < -0.4 is 0 Å². The van der Waals surface area contributed by atoms with E-state index >= 15 is 0 Å². The molecule has 3 atom stereocenters. The number of aliphatic hydroxyl groups is 1. The highest BCUT2D eigenvalue weighted by atomic mass is 16.5. The van der Waals surface area contributed by atoms with Crippen LogP contribution in [0.2, 0.25) is 0 Å². The standard InChI is InChI=1S/C21H26N4O2/c22-13-25-10-14(12-26)8-16-15-2-1-3-18-21(15)17(9-20(16)25)19(23-18)11-24-4-6-27-7-5-24/h1-3,14,16,20,23,26H,4-12H2/t14-,16?,20-/m1/s1. The Hall–Kier alpha value is -2.07. The number of hydrogen-bond acceptors (Lipinski definition) is 5. The first-order valence-electron chi connectivity index (χ1n) is 9.98. The second-order valence-corrected chi connectivity index (χ2v) is 8.16. The number of likely N-dealkylation sites (tertiary alicyclic amines) is 1. The predicted octanol–water partition coefficient (Wildman–Crippen LogP) is 1.80. The van der Waals surface area contributed by atoms with Crippen LogP contribution >= 0.6 is 0 Å². The Morgan fingerprint density at radius 1 is 1.30 bits per heavy atom. The summed E-state index contributed by atoms with van der Waals surface area (Å²) in [4.78, 5) is 8.04. The first kappa shape index (κ1) is 17.1. The van der Waals surface area contributed by atoms with E-state index in [-0.39, 0.29) is 18.6 Å². The summed E-state index contributed by atoms with van der Waals surface area (Å²) in [6.45, 7) is 5.28. The third kappa shape index (κ3) is 2.82. The summed E-state index contributed by atoms with van der Waals surface area (Å²) in [7, 11) is 0. The van der Waals surface area contributed by atoms with Gasteiger partial charge in [0.15, 0.2) is 6.19 Å². The molecule has 3 aliphatic rings. The van der Waals surface area contributed by atoms with Gasteiger partial charge in [-0.2, -0.15) is 5.26 Å². The lowest BCUT2D eigenvalue weighted by molar-refractivity contribution is 0.0335. The van der Waals surface area contributed by atoms with Crippen molar-refractivity contribution in [3.05, 3.63) is 35.0 Å². The summed E-state index contributed by atoms with van der Waals surface area (Å²) < 4.78 is 5.49. The van der Waals surface area contributed by atoms with E-state index in [1.165, 1.54) is 27.7 Å². The van der Waals surface area contributed by atoms with Crippen LogP contribution in [0.4, 0.5) is 0 Å². The van der Waals surface area contributed by atoms with Gasteiger partial charge >= 0.3 is 0 Å². The highest BCUT2D eigenvalue weighted by Crippen LogP contribution is 2.45. The molecule has 0 saturated carbocycles. The number of ether oxygens (including phenoxy) is 1. The molecule has 1 aromatic carbocycles. The van der Waals surface area contributed by atoms with Gasteiger partial charge in [0.05, 0.1) is 19.3 Å². The fourth-order valence-electron chi connectivity index (χ4n) is 5.32. The molecule has 6 nitrogen and oxygen atoms in total. The van der Waals surface area contributed by atoms with E-state index in [1.807, 2.05) is 4.90 Å². The number of rotatable bonds is 3. The molecule has 2 aromatic rings. The lowest BCUT2D eigenvalue weighted by atomic mass is 9.72. The van der Waals surface area contributed by atoms with E-state index in [0.717, 1.165) is 45.7 Å². The van der Waals surface area contributed by atoms with Gasteiger partial charge in [-0.1, -0.05) is 12.1 Å². The molecular formula is C21H26N4O2. The molecule has 142 valence electrons. The molecule has 5 rings (SSSR count). The Kier molecular flexibility index (Phi) is 4.31. The minimum absolute atomic E-state index is 0.152. The van der Waals surface area contributed by atoms with Crippen molar-refractivity contribution >= 4 is 10.9 Å². The van der Waals surface area contributed by atoms with Crippen LogP contribution in [0.3, 0.4) is 0 Å². The SMILES string of the molecule is N#CN1C[C@H](CO)CC2c3cccc4[nH]c(CN5CCOCC5)c(c34)C[C@H]21. The molecule has 0 bridgehead atoms. The van der Waals surface area contributed by atoms with Crippen molar-refractivity contribution in [2.24, 2.45) is 5.92 Å². The van der Waals surface area contributed by atoms with Gasteiger partial charge in [0, 0.05) is 61.2 Å². The zero-order valence-corrected chi connectivity index (χ0v) is 15.5. The molecule has 2 saturated heterocycles. The Labute approximate surface area is 159 Å². The largest absolute Gasteiger partial charge is 0.396 e. The van der Waals surface area contributed by atoms with Gasteiger partial charge in [0.2, 0.25) is 0 Å². The molecule has 6 heteroatoms. The van der Waals surface area contributed by atoms with Gasteiger partial charge in [0.1, 0.15) is 0 Å². The monoisotopic (exact) mass is 366 g/mol. The van der Waals surface area contributed by atoms with Crippen LogP contribution in [0.15, 0.2) is 18.2 Å². The van der Waals surface area contributed by atoms with Crippen LogP contribution in [-0.4, -0.2) is 65.4 Å². The van der Waals surface area contributed by atoms with Gasteiger partial charge in [-0.3, -0.25) is 4.90 Å². The van der Waals surface area contributed by atoms with Gasteiger partial charge in [-0.05, 0) is 30.0 Å². The zero-order chi connectivity index (χ0) is 18.4. The molecule has 2 aliphatic heterocycles. The predicted molar refractivity (Wildman–Crippen MR) is 102 cm³/mol. The number of aromatic amines is 1. The van der Waals surface area contributed by atoms with Crippen LogP contribution in [0.25, 0.3) is 10.9 Å². The third-order valence-electron chi connectivity index (χ3n) is 6.64. The smallest absolute Gasteiger partial charge is 0.179 e. The number of hydrogen-bond donors (Lipinski definition) is 2. The molecule has 1 unspecified atom stereocenters. The number of H-pyrrole nitrogens is 1. The highest BCUT2D eigenvalue weighted by molar-refractivity contribution is 5.89. The Morgan fingerprint density at radius 2 is 2.15 bits per heavy atom. The first-order chi connectivity index (χ1) is 13.3. The summed E-state index contributed by atoms with van der Waals surface area (Å²) in [5.41, 5.74) is 5.23. The molecular weight excluding hydrogens is 340 g/mol. The third-order valence-corrected chi connectivity index (χ3v) is 6.64. The van der Waals surface area contributed by atoms with Gasteiger partial charge in [-0.15, -0.1) is 0 Å². The fourth-order valence-corrected chi connectivity index (χ4v) is 5.32. The van der Waals surface area contributed by atoms with Crippen LogP contribution in [0.5, 0.6) is 0 Å². The van der Waals surface area contributed by atoms with Crippen LogP contribution in [-0.2, 0) is 17.7 Å². The summed E-state index contributed by atoms with van der Waals surface area (Å²) in [5.74, 6) is 0.494. The number of aliphatic hydroxyl groups excluding tert-OH is 1. The molecule has 0 amide bonds. The lowest BCUT2D eigenvalue weighted by Crippen LogP contribution is -2.48. The molecule has 3 heterocycles. The number of aromatic nitrogens is 1. The molecule has 27 heavy (non-hydrogen) atoms. The average molecular weight is 366 g/mol. The second-order valence-electron chi connectivity index (χ2n) is 8.16. The Morgan fingerprint density at radius 3 is 2.93 bits per heavy atom. The topological polar surface area (TPSA) is 75.5 Å². The quantitative estimate of drug-likeness (QED) is 0.811. The maximum Gasteiger partial charge on any atom is 0.179 e. The van der Waals surface area contributed by atoms with Crippen molar-refractivity contribution in [1.29, 1.82) is 5.26 Å². The van der Waals surface area contributed by atoms with E-state index in [4.69, 9.17) is 4.74 Å². The van der Waals surface area contributed by atoms with Crippen molar-refractivity contribution in [3.8, 4) is 6.19 Å². The fraction of sp³-hybridized carbons (Fsp3) is 0.571. The minimum Gasteiger partial charge on any atom is -0.396 e. The minimum atomic E-state index is 0.152. The molecule has 2 fully saturated rings. The zero-order valence-electron chi connectivity index (χ0n) is 15.5. The number of benzene rings is 1. The molecule has 2 N–H and O–H groups in total. The second kappa shape index (κ2) is 6.83. The van der Waals surface area contributed by atoms with Gasteiger partial charge in [-0.25, -0.2) is 0 Å². The maximum absolute atomic E-state index is 9.73. The number of nitrogens with one attached hydrogen (secondary N) is 1. The van der Waals surface area contributed by atoms with E-state index in [1.54, 1.807) is 0 Å². The van der Waals surface area contributed by atoms with Gasteiger partial charge < -0.3 is 19.7 Å². The summed E-state index contributed by atoms with van der Waals surface area (Å²) in [6.07, 6.45) is 4.28. The number of nitriles is 1.